The van der Waals surface area contributed by atoms with E-state index < -0.39 is 35.8 Å². The van der Waals surface area contributed by atoms with Crippen molar-refractivity contribution in [2.75, 3.05) is 48.0 Å². The van der Waals surface area contributed by atoms with Gasteiger partial charge in [-0.05, 0) is 93.6 Å². The third-order valence-electron chi connectivity index (χ3n) is 8.29. The van der Waals surface area contributed by atoms with Gasteiger partial charge in [0.05, 0.1) is 30.8 Å². The Bertz CT molecular complexity index is 1750. The van der Waals surface area contributed by atoms with E-state index in [1.807, 2.05) is 13.8 Å². The van der Waals surface area contributed by atoms with Crippen molar-refractivity contribution in [2.45, 2.75) is 71.1 Å². The normalized spacial score (nSPS) is 16.2. The van der Waals surface area contributed by atoms with Crippen molar-refractivity contribution in [1.82, 2.24) is 10.4 Å². The number of rotatable bonds is 15. The van der Waals surface area contributed by atoms with E-state index in [4.69, 9.17) is 38.0 Å². The summed E-state index contributed by atoms with van der Waals surface area (Å²) in [5, 5.41) is 4.40. The maximum atomic E-state index is 13.8. The van der Waals surface area contributed by atoms with Crippen molar-refractivity contribution in [3.8, 4) is 17.2 Å². The Morgan fingerprint density at radius 3 is 2.09 bits per heavy atom. The van der Waals surface area contributed by atoms with Gasteiger partial charge in [-0.3, -0.25) is 9.59 Å². The zero-order valence-corrected chi connectivity index (χ0v) is 32.1. The molecule has 14 heteroatoms. The van der Waals surface area contributed by atoms with Crippen molar-refractivity contribution >= 4 is 23.8 Å². The number of hydrogen-bond acceptors (Lipinski definition) is 13. The van der Waals surface area contributed by atoms with Crippen LogP contribution in [0.25, 0.3) is 0 Å². The van der Waals surface area contributed by atoms with Crippen molar-refractivity contribution in [3.63, 3.8) is 0 Å². The molecule has 1 saturated heterocycles. The number of esters is 1. The average Bonchev–Trinajstić information content (AvgIpc) is 3.32. The lowest BCUT2D eigenvalue weighted by Gasteiger charge is -2.29. The molecule has 1 aliphatic rings. The number of ketones is 1. The summed E-state index contributed by atoms with van der Waals surface area (Å²) in [4.78, 5) is 59.0. The molecule has 0 unspecified atom stereocenters. The summed E-state index contributed by atoms with van der Waals surface area (Å²) in [7, 11) is 4.50. The molecule has 0 bridgehead atoms. The summed E-state index contributed by atoms with van der Waals surface area (Å²) in [6.07, 6.45) is -0.876. The molecule has 0 spiro atoms. The Balaban J connectivity index is 1.55. The van der Waals surface area contributed by atoms with E-state index in [0.717, 1.165) is 5.56 Å². The molecule has 1 heterocycles. The number of methoxy groups -OCH3 is 3. The van der Waals surface area contributed by atoms with Crippen LogP contribution in [0.2, 0.25) is 0 Å². The molecule has 292 valence electrons. The van der Waals surface area contributed by atoms with Crippen LogP contribution >= 0.6 is 0 Å². The Morgan fingerprint density at radius 1 is 0.833 bits per heavy atom. The number of benzene rings is 3. The maximum absolute atomic E-state index is 13.8. The fourth-order valence-corrected chi connectivity index (χ4v) is 5.66. The monoisotopic (exact) mass is 750 g/mol. The van der Waals surface area contributed by atoms with Crippen LogP contribution < -0.4 is 19.5 Å². The Hall–Kier alpha value is -5.18. The highest BCUT2D eigenvalue weighted by Gasteiger charge is 2.34. The largest absolute Gasteiger partial charge is 0.528 e. The lowest BCUT2D eigenvalue weighted by molar-refractivity contribution is -0.144. The quantitative estimate of drug-likeness (QED) is 0.105. The van der Waals surface area contributed by atoms with Gasteiger partial charge >= 0.3 is 12.1 Å². The molecule has 0 aliphatic carbocycles. The van der Waals surface area contributed by atoms with E-state index in [1.165, 1.54) is 50.7 Å². The van der Waals surface area contributed by atoms with Gasteiger partial charge in [0.1, 0.15) is 29.0 Å². The molecule has 0 aromatic heterocycles. The summed E-state index contributed by atoms with van der Waals surface area (Å²) < 4.78 is 38.0. The highest BCUT2D eigenvalue weighted by atomic mass is 16.8. The number of hydroxylamine groups is 2. The molecular formula is C40H50N2O12. The average molecular weight is 751 g/mol. The van der Waals surface area contributed by atoms with Crippen molar-refractivity contribution in [1.29, 1.82) is 0 Å². The molecule has 1 N–H and O–H groups in total. The van der Waals surface area contributed by atoms with E-state index in [9.17, 15) is 19.2 Å². The maximum Gasteiger partial charge on any atom is 0.528 e. The molecular weight excluding hydrogens is 700 g/mol. The smallest absolute Gasteiger partial charge is 0.497 e. The van der Waals surface area contributed by atoms with Gasteiger partial charge in [0, 0.05) is 31.9 Å². The van der Waals surface area contributed by atoms with Crippen molar-refractivity contribution in [2.24, 2.45) is 0 Å². The molecule has 0 saturated carbocycles. The molecule has 1 fully saturated rings. The lowest BCUT2D eigenvalue weighted by Crippen LogP contribution is -2.50. The zero-order chi connectivity index (χ0) is 39.4. The van der Waals surface area contributed by atoms with Crippen LogP contribution in [0.4, 0.5) is 4.79 Å². The first-order chi connectivity index (χ1) is 25.7. The highest BCUT2D eigenvalue weighted by Crippen LogP contribution is 2.29. The first kappa shape index (κ1) is 41.6. The standard InChI is InChI=1S/C40H50N2O12/c1-25(2)30-20-28(15-17-33(30)50-23-47-6)37(44)41-32-22-42(54-39(46)53-40(3,4)5)19-9-10-35(32)52-38(45)27-13-11-26(12-14-27)36(43)31-21-29(49-8)16-18-34(31)51-24-48-7/h11-18,20-21,25,32,35H,9-10,19,22-24H2,1-8H3,(H,41,44)/t32-,35-/m1/s1. The summed E-state index contributed by atoms with van der Waals surface area (Å²) in [6.45, 7) is 9.46. The summed E-state index contributed by atoms with van der Waals surface area (Å²) >= 11 is 0. The van der Waals surface area contributed by atoms with Crippen LogP contribution in [-0.4, -0.2) is 94.6 Å². The molecule has 3 aromatic carbocycles. The topological polar surface area (TPSA) is 157 Å². The Kier molecular flexibility index (Phi) is 14.8. The van der Waals surface area contributed by atoms with Gasteiger partial charge in [-0.1, -0.05) is 26.0 Å². The SMILES string of the molecule is COCOc1ccc(OC)cc1C(=O)c1ccc(C(=O)O[C@@H]2CCCN(OC(=O)OC(C)(C)C)C[C@H]2NC(=O)c2ccc(OCOC)c(C(C)C)c2)cc1. The minimum atomic E-state index is -0.891. The van der Waals surface area contributed by atoms with E-state index in [1.54, 1.807) is 57.2 Å². The van der Waals surface area contributed by atoms with Crippen molar-refractivity contribution in [3.05, 3.63) is 88.5 Å². The van der Waals surface area contributed by atoms with Gasteiger partial charge < -0.3 is 43.3 Å². The highest BCUT2D eigenvalue weighted by molar-refractivity contribution is 6.11. The number of hydrogen-bond donors (Lipinski definition) is 1. The zero-order valence-electron chi connectivity index (χ0n) is 32.1. The number of amides is 1. The predicted molar refractivity (Wildman–Crippen MR) is 197 cm³/mol. The second-order valence-electron chi connectivity index (χ2n) is 13.9. The second kappa shape index (κ2) is 19.2. The van der Waals surface area contributed by atoms with Crippen molar-refractivity contribution < 1.29 is 57.2 Å². The van der Waals surface area contributed by atoms with Crippen LogP contribution in [0.5, 0.6) is 17.2 Å². The summed E-state index contributed by atoms with van der Waals surface area (Å²) in [5.74, 6) is -0.0168. The summed E-state index contributed by atoms with van der Waals surface area (Å²) in [5.41, 5.74) is 1.15. The predicted octanol–water partition coefficient (Wildman–Crippen LogP) is 6.30. The number of carbonyl (C=O) groups excluding carboxylic acids is 4. The van der Waals surface area contributed by atoms with Gasteiger partial charge in [-0.2, -0.15) is 0 Å². The molecule has 4 rings (SSSR count). The molecule has 1 amide bonds. The minimum absolute atomic E-state index is 0.0104. The number of carbonyl (C=O) groups is 4. The number of nitrogens with zero attached hydrogens (tertiary/aromatic N) is 1. The third kappa shape index (κ3) is 11.7. The third-order valence-corrected chi connectivity index (χ3v) is 8.29. The fourth-order valence-electron chi connectivity index (χ4n) is 5.66. The van der Waals surface area contributed by atoms with E-state index >= 15 is 0 Å². The Morgan fingerprint density at radius 2 is 1.46 bits per heavy atom. The fraction of sp³-hybridized carbons (Fsp3) is 0.450. The molecule has 14 nitrogen and oxygen atoms in total. The molecule has 0 radical (unpaired) electrons. The van der Waals surface area contributed by atoms with Gasteiger partial charge in [0.2, 0.25) is 0 Å². The van der Waals surface area contributed by atoms with Crippen LogP contribution in [0.1, 0.15) is 95.6 Å². The first-order valence-electron chi connectivity index (χ1n) is 17.6. The van der Waals surface area contributed by atoms with Gasteiger partial charge in [-0.25, -0.2) is 9.59 Å². The lowest BCUT2D eigenvalue weighted by atomic mass is 9.99. The van der Waals surface area contributed by atoms with Gasteiger partial charge in [0.25, 0.3) is 5.91 Å². The number of ether oxygens (including phenoxy) is 7. The van der Waals surface area contributed by atoms with Gasteiger partial charge in [0.15, 0.2) is 19.4 Å². The van der Waals surface area contributed by atoms with Crippen LogP contribution in [0.3, 0.4) is 0 Å². The molecule has 1 aliphatic heterocycles. The van der Waals surface area contributed by atoms with E-state index in [0.29, 0.717) is 47.8 Å². The Labute approximate surface area is 315 Å². The second-order valence-corrected chi connectivity index (χ2v) is 13.9. The van der Waals surface area contributed by atoms with Gasteiger partial charge in [-0.15, -0.1) is 5.06 Å². The molecule has 54 heavy (non-hydrogen) atoms. The van der Waals surface area contributed by atoms with E-state index in [2.05, 4.69) is 5.32 Å². The van der Waals surface area contributed by atoms with Crippen LogP contribution in [0.15, 0.2) is 60.7 Å². The first-order valence-corrected chi connectivity index (χ1v) is 17.6. The number of nitrogens with one attached hydrogen (secondary N) is 1. The molecule has 3 aromatic rings. The molecule has 2 atom stereocenters. The van der Waals surface area contributed by atoms with Crippen LogP contribution in [0, 0.1) is 0 Å². The summed E-state index contributed by atoms with van der Waals surface area (Å²) in [6, 6.07) is 15.2. The van der Waals surface area contributed by atoms with Crippen LogP contribution in [-0.2, 0) is 23.8 Å². The van der Waals surface area contributed by atoms with E-state index in [-0.39, 0.29) is 43.0 Å². The minimum Gasteiger partial charge on any atom is -0.497 e.